The molecule has 0 spiro atoms. The van der Waals surface area contributed by atoms with Crippen molar-refractivity contribution in [2.75, 3.05) is 25.6 Å². The van der Waals surface area contributed by atoms with E-state index in [0.717, 1.165) is 49.0 Å². The van der Waals surface area contributed by atoms with Gasteiger partial charge in [-0.1, -0.05) is 148 Å². The smallest absolute Gasteiger partial charge is 0.462 e. The van der Waals surface area contributed by atoms with Crippen LogP contribution in [0.25, 0.3) is 0 Å². The summed E-state index contributed by atoms with van der Waals surface area (Å²) >= 11 is 0. The number of nitrogens with two attached hydrogens (primary N) is 1. The van der Waals surface area contributed by atoms with Crippen molar-refractivity contribution < 1.29 is 81.6 Å². The van der Waals surface area contributed by atoms with E-state index in [1.165, 1.54) is 82.2 Å². The number of rotatable bonds is 24. The van der Waals surface area contributed by atoms with Gasteiger partial charge in [-0.05, 0) is 44.1 Å². The van der Waals surface area contributed by atoms with Gasteiger partial charge >= 0.3 is 33.3 Å². The van der Waals surface area contributed by atoms with Crippen LogP contribution < -0.4 is 11.4 Å². The number of hydrogen-bond donors (Lipinski definition) is 8. The van der Waals surface area contributed by atoms with Crippen molar-refractivity contribution in [3.05, 3.63) is 47.1 Å². The Morgan fingerprint density at radius 3 is 2.07 bits per heavy atom. The van der Waals surface area contributed by atoms with Crippen LogP contribution in [-0.2, 0) is 46.3 Å². The molecule has 21 nitrogen and oxygen atoms in total. The molecule has 3 rings (SSSR count). The second-order valence-corrected chi connectivity index (χ2v) is 23.2. The monoisotopic (exact) mass is 1090 g/mol. The third kappa shape index (κ3) is 26.4. The Balaban J connectivity index is 1.77. The number of phosphoric ester groups is 2. The summed E-state index contributed by atoms with van der Waals surface area (Å²) < 4.78 is 59.2. The Morgan fingerprint density at radius 1 is 0.838 bits per heavy atom. The number of aliphatic hydroxyl groups is 5. The molecule has 1 saturated heterocycles. The number of phosphoric acid groups is 2. The van der Waals surface area contributed by atoms with Gasteiger partial charge in [0, 0.05) is 37.3 Å². The largest absolute Gasteiger partial charge is 0.481 e. The topological polar surface area (TPSA) is 326 Å². The molecule has 3 heterocycles. The fraction of sp³-hybridized carbons (Fsp3) is 0.804. The number of nitrogens with zero attached hydrogens (tertiary/aromatic N) is 2. The molecule has 9 N–H and O–H groups in total. The number of aromatic nitrogens is 2. The van der Waals surface area contributed by atoms with E-state index in [0.29, 0.717) is 25.7 Å². The third-order valence-corrected chi connectivity index (χ3v) is 15.9. The quantitative estimate of drug-likeness (QED) is 0.0213. The first-order chi connectivity index (χ1) is 35.2. The Kier molecular flexibility index (Phi) is 31.4. The minimum Gasteiger partial charge on any atom is -0.462 e. The number of fused-ring (bicyclic) bond motifs is 3. The van der Waals surface area contributed by atoms with E-state index in [4.69, 9.17) is 29.0 Å². The van der Waals surface area contributed by atoms with Crippen molar-refractivity contribution in [1.29, 1.82) is 0 Å². The zero-order valence-corrected chi connectivity index (χ0v) is 45.7. The van der Waals surface area contributed by atoms with Gasteiger partial charge < -0.3 is 55.3 Å². The number of nitrogen functional groups attached to an aromatic ring is 1. The molecule has 0 aromatic carbocycles. The molecule has 12 atom stereocenters. The molecule has 0 aliphatic carbocycles. The normalized spacial score (nSPS) is 30.4. The molecule has 1 aromatic rings. The summed E-state index contributed by atoms with van der Waals surface area (Å²) in [5.74, 6) is -3.38. The third-order valence-electron chi connectivity index (χ3n) is 13.3. The highest BCUT2D eigenvalue weighted by Crippen LogP contribution is 2.60. The second kappa shape index (κ2) is 35.5. The van der Waals surface area contributed by atoms with E-state index in [1.54, 1.807) is 12.2 Å². The minimum atomic E-state index is -5.71. The van der Waals surface area contributed by atoms with E-state index in [1.807, 2.05) is 6.92 Å². The van der Waals surface area contributed by atoms with Crippen LogP contribution in [0.2, 0.25) is 0 Å². The maximum atomic E-state index is 13.4. The van der Waals surface area contributed by atoms with E-state index >= 15 is 0 Å². The number of anilines is 1. The molecule has 1 aromatic heterocycles. The van der Waals surface area contributed by atoms with Crippen molar-refractivity contribution in [3.8, 4) is 0 Å². The number of esters is 2. The van der Waals surface area contributed by atoms with E-state index in [2.05, 4.69) is 23.1 Å². The van der Waals surface area contributed by atoms with Crippen LogP contribution in [0.4, 0.5) is 5.82 Å². The summed E-state index contributed by atoms with van der Waals surface area (Å²) in [6, 6.07) is 1.24. The molecule has 0 saturated carbocycles. The van der Waals surface area contributed by atoms with Gasteiger partial charge in [0.15, 0.2) is 6.10 Å². The number of allylic oxidation sites excluding steroid dienone is 2. The van der Waals surface area contributed by atoms with Crippen LogP contribution in [0.15, 0.2) is 41.4 Å². The van der Waals surface area contributed by atoms with Gasteiger partial charge in [0.2, 0.25) is 0 Å². The number of carbonyl (C=O) groups excluding carboxylic acids is 2. The van der Waals surface area contributed by atoms with Crippen molar-refractivity contribution in [1.82, 2.24) is 9.55 Å². The van der Waals surface area contributed by atoms with Gasteiger partial charge in [0.05, 0.1) is 37.6 Å². The summed E-state index contributed by atoms with van der Waals surface area (Å²) in [4.78, 5) is 64.3. The van der Waals surface area contributed by atoms with Gasteiger partial charge in [0.1, 0.15) is 30.9 Å². The zero-order valence-electron chi connectivity index (χ0n) is 43.9. The lowest BCUT2D eigenvalue weighted by Crippen LogP contribution is -2.52. The molecule has 426 valence electrons. The van der Waals surface area contributed by atoms with Crippen LogP contribution in [-0.4, -0.2) is 119 Å². The second-order valence-electron chi connectivity index (χ2n) is 20.2. The average molecular weight is 1090 g/mol. The molecule has 0 radical (unpaired) electrons. The lowest BCUT2D eigenvalue weighted by atomic mass is 9.82. The Labute approximate surface area is 437 Å². The highest BCUT2D eigenvalue weighted by Gasteiger charge is 2.45. The lowest BCUT2D eigenvalue weighted by Gasteiger charge is -2.40. The zero-order chi connectivity index (χ0) is 54.5. The lowest BCUT2D eigenvalue weighted by molar-refractivity contribution is -0.194. The van der Waals surface area contributed by atoms with E-state index < -0.39 is 120 Å². The van der Waals surface area contributed by atoms with Crippen LogP contribution in [0, 0.1) is 17.8 Å². The van der Waals surface area contributed by atoms with Crippen LogP contribution in [0.1, 0.15) is 181 Å². The highest BCUT2D eigenvalue weighted by molar-refractivity contribution is 7.61. The van der Waals surface area contributed by atoms with Crippen molar-refractivity contribution in [3.63, 3.8) is 0 Å². The fourth-order valence-electron chi connectivity index (χ4n) is 8.95. The minimum absolute atomic E-state index is 0.00389. The highest BCUT2D eigenvalue weighted by atomic mass is 31.3. The van der Waals surface area contributed by atoms with Gasteiger partial charge in [0.25, 0.3) is 0 Å². The maximum absolute atomic E-state index is 13.4. The van der Waals surface area contributed by atoms with Gasteiger partial charge in [-0.25, -0.2) is 13.9 Å². The molecule has 23 heteroatoms. The van der Waals surface area contributed by atoms with Gasteiger partial charge in [-0.3, -0.25) is 23.2 Å². The predicted octanol–water partition coefficient (Wildman–Crippen LogP) is 7.63. The number of aliphatic hydroxyl groups excluding tert-OH is 5. The summed E-state index contributed by atoms with van der Waals surface area (Å²) in [7, 11) is -11.3. The molecule has 2 bridgehead atoms. The van der Waals surface area contributed by atoms with Gasteiger partial charge in [-0.2, -0.15) is 9.29 Å². The van der Waals surface area contributed by atoms with E-state index in [9.17, 15) is 58.8 Å². The maximum Gasteiger partial charge on any atom is 0.481 e. The van der Waals surface area contributed by atoms with Crippen LogP contribution in [0.5, 0.6) is 0 Å². The summed E-state index contributed by atoms with van der Waals surface area (Å²) in [6.45, 7) is 3.81. The van der Waals surface area contributed by atoms with Gasteiger partial charge in [-0.15, -0.1) is 0 Å². The molecule has 2 unspecified atom stereocenters. The van der Waals surface area contributed by atoms with Crippen molar-refractivity contribution in [2.24, 2.45) is 17.8 Å². The first-order valence-electron chi connectivity index (χ1n) is 27.0. The summed E-state index contributed by atoms with van der Waals surface area (Å²) in [5, 5.41) is 57.5. The molecule has 2 aliphatic heterocycles. The number of hydrogen-bond acceptors (Lipinski definition) is 18. The fourth-order valence-corrected chi connectivity index (χ4v) is 11.1. The number of unbranched alkanes of at least 4 members (excludes halogenated alkanes) is 14. The number of cyclic esters (lactones) is 1. The molecular weight excluding hydrogens is 1000 g/mol. The molecule has 1 fully saturated rings. The Hall–Kier alpha value is -2.88. The molecule has 0 amide bonds. The molecular formula is C51H89N3O18P2. The first kappa shape index (κ1) is 65.4. The average Bonchev–Trinajstić information content (AvgIpc) is 3.32. The predicted molar refractivity (Wildman–Crippen MR) is 277 cm³/mol. The number of carbonyl (C=O) groups is 2. The SMILES string of the molecule is CCCCC[C@H](O)/C=C/[C@@H]1[C@H](O)[C@H](O)[C@H]2COP(=O)(O)OP(=O)(O)OC[C@H](OC(=O)CCCCCCCCCCCCCCCC(C)C)COC(=O)CCC/C=C\C[C@H]([C@H](n3ccc(N)nc3=O)O2)[C@@H](O)C[C@H]1O. The van der Waals surface area contributed by atoms with E-state index in [-0.39, 0.29) is 31.5 Å². The molecule has 74 heavy (non-hydrogen) atoms. The standard InChI is InChI=1S/C51H89N3O18P2/c1-4-5-19-25-38(55)29-30-40-42(56)33-43(57)41-26-21-17-18-22-27-46(58)67-34-39(70-47(59)28-23-16-14-12-10-8-6-7-9-11-13-15-20-24-37(2)3)35-68-73(63,64)72-74(65,66)69-36-44(49(61)48(40)60)71-50(41)54-32-31-45(52)53-51(54)62/h17,21,29-32,37-44,48-50,55-57,60-61H,4-16,18-20,22-28,33-36H2,1-3H3,(H,63,64)(H,65,66)(H2,52,53,62)/b21-17-,30-29+/t38-,39+,40-,41-,42+,43-,44+,48-,49+,50+/m0/s1. The first-order valence-corrected chi connectivity index (χ1v) is 30.0. The molecule has 2 aliphatic rings. The Morgan fingerprint density at radius 2 is 1.45 bits per heavy atom. The van der Waals surface area contributed by atoms with Crippen molar-refractivity contribution in [2.45, 2.75) is 224 Å². The van der Waals surface area contributed by atoms with Crippen LogP contribution >= 0.6 is 15.6 Å². The number of ether oxygens (including phenoxy) is 3. The summed E-state index contributed by atoms with van der Waals surface area (Å²) in [6.07, 6.45) is 12.3. The van der Waals surface area contributed by atoms with Crippen molar-refractivity contribution >= 4 is 33.4 Å². The Bertz CT molecular complexity index is 1970. The van der Waals surface area contributed by atoms with Crippen LogP contribution in [0.3, 0.4) is 0 Å². The summed E-state index contributed by atoms with van der Waals surface area (Å²) in [5.41, 5.74) is 4.78.